The third kappa shape index (κ3) is 4.44. The Kier molecular flexibility index (Phi) is 6.25. The molecule has 0 fully saturated rings. The van der Waals surface area contributed by atoms with Crippen molar-refractivity contribution in [2.45, 2.75) is 20.4 Å². The van der Waals surface area contributed by atoms with Gasteiger partial charge in [0.2, 0.25) is 0 Å². The average molecular weight is 432 g/mol. The number of ether oxygens (including phenoxy) is 1. The number of aryl methyl sites for hydroxylation is 1. The van der Waals surface area contributed by atoms with E-state index in [1.165, 1.54) is 13.2 Å². The van der Waals surface area contributed by atoms with Crippen LogP contribution in [0.2, 0.25) is 10.0 Å². The Hall–Kier alpha value is -2.83. The fraction of sp³-hybridized carbons (Fsp3) is 0.190. The van der Waals surface area contributed by atoms with E-state index in [0.717, 1.165) is 11.3 Å². The average Bonchev–Trinajstić information content (AvgIpc) is 2.95. The number of rotatable bonds is 5. The lowest BCUT2D eigenvalue weighted by atomic mass is 10.1. The summed E-state index contributed by atoms with van der Waals surface area (Å²) in [6.45, 7) is 4.00. The SMILES string of the molecule is COC(=O)c1ccccc1Cn1nc(C)c(NC(=O)c2ccc(Cl)cc2Cl)c1C. The number of hydrogen-bond acceptors (Lipinski definition) is 4. The van der Waals surface area contributed by atoms with Gasteiger partial charge in [-0.05, 0) is 43.7 Å². The minimum atomic E-state index is -0.409. The molecule has 0 bridgehead atoms. The lowest BCUT2D eigenvalue weighted by Gasteiger charge is -2.10. The van der Waals surface area contributed by atoms with Crippen molar-refractivity contribution in [2.75, 3.05) is 12.4 Å². The van der Waals surface area contributed by atoms with Gasteiger partial charge in [0.15, 0.2) is 0 Å². The highest BCUT2D eigenvalue weighted by atomic mass is 35.5. The third-order valence-corrected chi connectivity index (χ3v) is 5.09. The van der Waals surface area contributed by atoms with Gasteiger partial charge in [0.25, 0.3) is 5.91 Å². The van der Waals surface area contributed by atoms with Crippen LogP contribution in [-0.4, -0.2) is 28.8 Å². The van der Waals surface area contributed by atoms with Gasteiger partial charge in [-0.1, -0.05) is 41.4 Å². The van der Waals surface area contributed by atoms with E-state index in [4.69, 9.17) is 27.9 Å². The molecule has 0 aliphatic heterocycles. The molecule has 3 rings (SSSR count). The molecule has 1 aromatic heterocycles. The Labute approximate surface area is 178 Å². The number of nitrogens with zero attached hydrogens (tertiary/aromatic N) is 2. The fourth-order valence-corrected chi connectivity index (χ4v) is 3.51. The number of halogens is 2. The van der Waals surface area contributed by atoms with Gasteiger partial charge in [0.05, 0.1) is 46.9 Å². The van der Waals surface area contributed by atoms with Crippen LogP contribution >= 0.6 is 23.2 Å². The maximum atomic E-state index is 12.7. The van der Waals surface area contributed by atoms with E-state index in [-0.39, 0.29) is 10.9 Å². The van der Waals surface area contributed by atoms with Crippen LogP contribution < -0.4 is 5.32 Å². The van der Waals surface area contributed by atoms with E-state index in [9.17, 15) is 9.59 Å². The first-order valence-electron chi connectivity index (χ1n) is 8.78. The van der Waals surface area contributed by atoms with Gasteiger partial charge in [-0.3, -0.25) is 9.48 Å². The van der Waals surface area contributed by atoms with E-state index in [0.29, 0.717) is 34.1 Å². The second-order valence-corrected chi connectivity index (χ2v) is 7.27. The fourth-order valence-electron chi connectivity index (χ4n) is 3.01. The molecule has 0 radical (unpaired) electrons. The van der Waals surface area contributed by atoms with Crippen molar-refractivity contribution in [3.8, 4) is 0 Å². The molecule has 0 spiro atoms. The molecule has 1 N–H and O–H groups in total. The topological polar surface area (TPSA) is 73.2 Å². The standard InChI is InChI=1S/C21H19Cl2N3O3/c1-12-19(24-20(27)17-9-8-15(22)10-18(17)23)13(2)26(25-12)11-14-6-4-5-7-16(14)21(28)29-3/h4-10H,11H2,1-3H3,(H,24,27). The van der Waals surface area contributed by atoms with Crippen LogP contribution in [0.4, 0.5) is 5.69 Å². The van der Waals surface area contributed by atoms with Gasteiger partial charge in [-0.15, -0.1) is 0 Å². The van der Waals surface area contributed by atoms with Gasteiger partial charge >= 0.3 is 5.97 Å². The molecule has 0 unspecified atom stereocenters. The first kappa shape index (κ1) is 20.9. The molecular formula is C21H19Cl2N3O3. The number of hydrogen-bond donors (Lipinski definition) is 1. The van der Waals surface area contributed by atoms with Crippen LogP contribution in [0.3, 0.4) is 0 Å². The van der Waals surface area contributed by atoms with Crippen molar-refractivity contribution >= 4 is 40.8 Å². The maximum Gasteiger partial charge on any atom is 0.338 e. The second kappa shape index (κ2) is 8.68. The largest absolute Gasteiger partial charge is 0.465 e. The number of methoxy groups -OCH3 is 1. The van der Waals surface area contributed by atoms with Crippen LogP contribution in [0, 0.1) is 13.8 Å². The minimum absolute atomic E-state index is 0.268. The number of aromatic nitrogens is 2. The van der Waals surface area contributed by atoms with Gasteiger partial charge < -0.3 is 10.1 Å². The number of nitrogens with one attached hydrogen (secondary N) is 1. The number of carbonyl (C=O) groups excluding carboxylic acids is 2. The molecular weight excluding hydrogens is 413 g/mol. The summed E-state index contributed by atoms with van der Waals surface area (Å²) in [6, 6.07) is 11.9. The van der Waals surface area contributed by atoms with Gasteiger partial charge in [0.1, 0.15) is 0 Å². The summed E-state index contributed by atoms with van der Waals surface area (Å²) in [5.41, 5.74) is 3.55. The van der Waals surface area contributed by atoms with E-state index >= 15 is 0 Å². The van der Waals surface area contributed by atoms with Gasteiger partial charge in [-0.25, -0.2) is 4.79 Å². The van der Waals surface area contributed by atoms with Crippen molar-refractivity contribution < 1.29 is 14.3 Å². The molecule has 6 nitrogen and oxygen atoms in total. The predicted molar refractivity (Wildman–Crippen MR) is 113 cm³/mol. The van der Waals surface area contributed by atoms with Crippen molar-refractivity contribution in [1.29, 1.82) is 0 Å². The first-order chi connectivity index (χ1) is 13.8. The quantitative estimate of drug-likeness (QED) is 0.583. The zero-order valence-corrected chi connectivity index (χ0v) is 17.6. The molecule has 8 heteroatoms. The summed E-state index contributed by atoms with van der Waals surface area (Å²) in [5, 5.41) is 8.10. The van der Waals surface area contributed by atoms with Crippen molar-refractivity contribution in [1.82, 2.24) is 9.78 Å². The summed E-state index contributed by atoms with van der Waals surface area (Å²) in [6.07, 6.45) is 0. The Morgan fingerprint density at radius 2 is 1.83 bits per heavy atom. The lowest BCUT2D eigenvalue weighted by molar-refractivity contribution is 0.0599. The van der Waals surface area contributed by atoms with E-state index in [2.05, 4.69) is 10.4 Å². The molecule has 3 aromatic rings. The van der Waals surface area contributed by atoms with Crippen LogP contribution in [0.25, 0.3) is 0 Å². The molecule has 29 heavy (non-hydrogen) atoms. The van der Waals surface area contributed by atoms with Crippen molar-refractivity contribution in [2.24, 2.45) is 0 Å². The highest BCUT2D eigenvalue weighted by Crippen LogP contribution is 2.25. The van der Waals surface area contributed by atoms with E-state index in [1.807, 2.05) is 19.1 Å². The Morgan fingerprint density at radius 3 is 2.52 bits per heavy atom. The van der Waals surface area contributed by atoms with Crippen molar-refractivity contribution in [3.05, 3.63) is 80.6 Å². The first-order valence-corrected chi connectivity index (χ1v) is 9.54. The number of anilines is 1. The molecule has 0 aliphatic carbocycles. The number of carbonyl (C=O) groups is 2. The zero-order valence-electron chi connectivity index (χ0n) is 16.1. The Bertz CT molecular complexity index is 1090. The summed E-state index contributed by atoms with van der Waals surface area (Å²) < 4.78 is 6.58. The Morgan fingerprint density at radius 1 is 1.10 bits per heavy atom. The minimum Gasteiger partial charge on any atom is -0.465 e. The molecule has 0 atom stereocenters. The number of amides is 1. The monoisotopic (exact) mass is 431 g/mol. The normalized spacial score (nSPS) is 10.7. The highest BCUT2D eigenvalue weighted by Gasteiger charge is 2.19. The van der Waals surface area contributed by atoms with Crippen LogP contribution in [0.15, 0.2) is 42.5 Å². The highest BCUT2D eigenvalue weighted by molar-refractivity contribution is 6.37. The van der Waals surface area contributed by atoms with Crippen molar-refractivity contribution in [3.63, 3.8) is 0 Å². The lowest BCUT2D eigenvalue weighted by Crippen LogP contribution is -2.14. The maximum absolute atomic E-state index is 12.7. The summed E-state index contributed by atoms with van der Waals surface area (Å²) >= 11 is 12.0. The number of esters is 1. The zero-order chi connectivity index (χ0) is 21.1. The second-order valence-electron chi connectivity index (χ2n) is 6.43. The van der Waals surface area contributed by atoms with Crippen LogP contribution in [-0.2, 0) is 11.3 Å². The molecule has 1 amide bonds. The van der Waals surface area contributed by atoms with Gasteiger partial charge in [-0.2, -0.15) is 5.10 Å². The molecule has 0 saturated carbocycles. The van der Waals surface area contributed by atoms with Crippen LogP contribution in [0.5, 0.6) is 0 Å². The van der Waals surface area contributed by atoms with E-state index < -0.39 is 5.97 Å². The molecule has 0 saturated heterocycles. The van der Waals surface area contributed by atoms with E-state index in [1.54, 1.807) is 35.9 Å². The smallest absolute Gasteiger partial charge is 0.338 e. The molecule has 150 valence electrons. The van der Waals surface area contributed by atoms with Gasteiger partial charge in [0, 0.05) is 5.02 Å². The summed E-state index contributed by atoms with van der Waals surface area (Å²) in [4.78, 5) is 24.7. The number of benzene rings is 2. The summed E-state index contributed by atoms with van der Waals surface area (Å²) in [5.74, 6) is -0.764. The summed E-state index contributed by atoms with van der Waals surface area (Å²) in [7, 11) is 1.35. The third-order valence-electron chi connectivity index (χ3n) is 4.54. The Balaban J connectivity index is 1.88. The molecule has 1 heterocycles. The van der Waals surface area contributed by atoms with Crippen LogP contribution in [0.1, 0.15) is 37.7 Å². The molecule has 2 aromatic carbocycles. The predicted octanol–water partition coefficient (Wildman–Crippen LogP) is 4.89. The molecule has 0 aliphatic rings.